The second kappa shape index (κ2) is 7.42. The molecule has 1 heteroatoms. The van der Waals surface area contributed by atoms with Crippen molar-refractivity contribution in [1.29, 1.82) is 0 Å². The number of fused-ring (bicyclic) bond motifs is 3. The average Bonchev–Trinajstić information content (AvgIpc) is 3.03. The summed E-state index contributed by atoms with van der Waals surface area (Å²) in [7, 11) is 0. The molecule has 0 bridgehead atoms. The molecule has 3 aromatic carbocycles. The summed E-state index contributed by atoms with van der Waals surface area (Å²) in [6.07, 6.45) is 2.11. The minimum atomic E-state index is 0.556. The molecule has 27 heavy (non-hydrogen) atoms. The van der Waals surface area contributed by atoms with E-state index < -0.39 is 0 Å². The van der Waals surface area contributed by atoms with Crippen molar-refractivity contribution in [2.45, 2.75) is 52.4 Å². The first-order chi connectivity index (χ1) is 13.0. The third kappa shape index (κ3) is 3.46. The molecule has 0 amide bonds. The normalized spacial score (nSPS) is 12.5. The summed E-state index contributed by atoms with van der Waals surface area (Å²) in [5.74, 6) is 1.13. The van der Waals surface area contributed by atoms with Gasteiger partial charge in [-0.3, -0.25) is 0 Å². The van der Waals surface area contributed by atoms with Crippen molar-refractivity contribution in [1.82, 2.24) is 0 Å². The Labute approximate surface area is 175 Å². The van der Waals surface area contributed by atoms with Crippen LogP contribution < -0.4 is 3.87 Å². The van der Waals surface area contributed by atoms with E-state index in [0.717, 1.165) is 12.8 Å². The molecule has 0 unspecified atom stereocenters. The molecule has 4 rings (SSSR count). The molecule has 0 radical (unpaired) electrons. The molecule has 0 aromatic heterocycles. The monoisotopic (exact) mass is 387 g/mol. The van der Waals surface area contributed by atoms with Gasteiger partial charge in [-0.15, -0.1) is 0 Å². The summed E-state index contributed by atoms with van der Waals surface area (Å²) in [4.78, 5) is 0. The Kier molecular flexibility index (Phi) is 5.14. The Morgan fingerprint density at radius 1 is 0.815 bits per heavy atom. The van der Waals surface area contributed by atoms with Gasteiger partial charge < -0.3 is 0 Å². The van der Waals surface area contributed by atoms with Gasteiger partial charge in [0.15, 0.2) is 0 Å². The van der Waals surface area contributed by atoms with Crippen molar-refractivity contribution in [3.05, 3.63) is 88.0 Å². The zero-order valence-corrected chi connectivity index (χ0v) is 18.3. The first kappa shape index (κ1) is 18.7. The van der Waals surface area contributed by atoms with E-state index in [0.29, 0.717) is 11.8 Å². The van der Waals surface area contributed by atoms with E-state index in [4.69, 9.17) is 0 Å². The van der Waals surface area contributed by atoms with Crippen LogP contribution in [-0.2, 0) is 33.3 Å². The number of hydrogen-bond acceptors (Lipinski definition) is 0. The molecule has 0 atom stereocenters. The van der Waals surface area contributed by atoms with Crippen molar-refractivity contribution in [2.24, 2.45) is 0 Å². The summed E-state index contributed by atoms with van der Waals surface area (Å²) < 4.78 is 1.48. The first-order valence-electron chi connectivity index (χ1n) is 10.0. The zero-order chi connectivity index (χ0) is 19.1. The summed E-state index contributed by atoms with van der Waals surface area (Å²) in [6.45, 7) is 9.18. The Hall–Kier alpha value is -1.63. The van der Waals surface area contributed by atoms with E-state index in [1.54, 1.807) is 0 Å². The first-order valence-corrected chi connectivity index (χ1v) is 10.8. The van der Waals surface area contributed by atoms with Crippen LogP contribution in [0, 0.1) is 0 Å². The van der Waals surface area contributed by atoms with Gasteiger partial charge in [0, 0.05) is 0 Å². The molecule has 0 aliphatic heterocycles. The van der Waals surface area contributed by atoms with Gasteiger partial charge in [0.2, 0.25) is 0 Å². The van der Waals surface area contributed by atoms with Crippen LogP contribution >= 0.6 is 0 Å². The van der Waals surface area contributed by atoms with Crippen LogP contribution in [0.15, 0.2) is 54.6 Å². The van der Waals surface area contributed by atoms with Gasteiger partial charge in [0.05, 0.1) is 0 Å². The second-order valence-corrected chi connectivity index (χ2v) is 9.18. The summed E-state index contributed by atoms with van der Waals surface area (Å²) in [5, 5.41) is 0. The van der Waals surface area contributed by atoms with E-state index in [1.165, 1.54) is 48.4 Å². The van der Waals surface area contributed by atoms with Gasteiger partial charge in [-0.2, -0.15) is 0 Å². The van der Waals surface area contributed by atoms with Gasteiger partial charge >= 0.3 is 176 Å². The van der Waals surface area contributed by atoms with Crippen LogP contribution in [0.5, 0.6) is 0 Å². The third-order valence-electron chi connectivity index (χ3n) is 5.91. The Bertz CT molecular complexity index is 995. The van der Waals surface area contributed by atoms with Crippen LogP contribution in [0.4, 0.5) is 0 Å². The average molecular weight is 387 g/mol. The fourth-order valence-corrected chi connectivity index (χ4v) is 4.93. The van der Waals surface area contributed by atoms with Crippen LogP contribution in [0.2, 0.25) is 0 Å². The van der Waals surface area contributed by atoms with Gasteiger partial charge in [-0.05, 0) is 0 Å². The third-order valence-corrected chi connectivity index (χ3v) is 6.88. The Morgan fingerprint density at radius 3 is 2.33 bits per heavy atom. The molecule has 0 N–H and O–H groups in total. The molecule has 1 aliphatic rings. The Balaban J connectivity index is 1.75. The summed E-state index contributed by atoms with van der Waals surface area (Å²) >= 11 is 2.32. The molecule has 1 aliphatic carbocycles. The minimum absolute atomic E-state index is 0.556. The van der Waals surface area contributed by atoms with Crippen LogP contribution in [0.1, 0.15) is 72.9 Å². The van der Waals surface area contributed by atoms with Gasteiger partial charge in [0.1, 0.15) is 0 Å². The van der Waals surface area contributed by atoms with Gasteiger partial charge in [-0.25, -0.2) is 0 Å². The SMILES string of the molecule is CC(C)c1ccc(C(C)C)c(Cc2ccc3c([c]2[Ti])Cc2ccccc2-3)c1. The molecule has 0 heterocycles. The zero-order valence-electron chi connectivity index (χ0n) is 16.8. The molecule has 135 valence electrons. The summed E-state index contributed by atoms with van der Waals surface area (Å²) in [6, 6.07) is 20.7. The van der Waals surface area contributed by atoms with E-state index >= 15 is 0 Å². The molecule has 3 aromatic rings. The van der Waals surface area contributed by atoms with Crippen molar-refractivity contribution < 1.29 is 20.4 Å². The van der Waals surface area contributed by atoms with Crippen molar-refractivity contribution >= 4 is 3.87 Å². The Morgan fingerprint density at radius 2 is 1.59 bits per heavy atom. The molecule has 0 spiro atoms. The maximum absolute atomic E-state index is 2.45. The standard InChI is InChI=1S/C26H27.Ti/c1-17(2)20-10-12-24(18(3)4)22(15-20)13-19-9-11-26-23(14-19)16-21-7-5-6-8-25(21)26;/h5-12,15,17-18H,13,16H2,1-4H3;. The quantitative estimate of drug-likeness (QED) is 0.362. The fourth-order valence-electron chi connectivity index (χ4n) is 4.31. The van der Waals surface area contributed by atoms with E-state index in [2.05, 4.69) is 103 Å². The van der Waals surface area contributed by atoms with E-state index in [1.807, 2.05) is 0 Å². The van der Waals surface area contributed by atoms with Gasteiger partial charge in [0.25, 0.3) is 0 Å². The van der Waals surface area contributed by atoms with Gasteiger partial charge in [-0.1, -0.05) is 0 Å². The van der Waals surface area contributed by atoms with Crippen molar-refractivity contribution in [3.8, 4) is 11.1 Å². The topological polar surface area (TPSA) is 0 Å². The number of rotatable bonds is 4. The van der Waals surface area contributed by atoms with Crippen LogP contribution in [0.25, 0.3) is 11.1 Å². The van der Waals surface area contributed by atoms with Crippen LogP contribution in [-0.4, -0.2) is 0 Å². The van der Waals surface area contributed by atoms with E-state index in [9.17, 15) is 0 Å². The molecule has 0 nitrogen and oxygen atoms in total. The molecule has 0 saturated heterocycles. The fraction of sp³-hybridized carbons (Fsp3) is 0.308. The molecule has 0 saturated carbocycles. The predicted octanol–water partition coefficient (Wildman–Crippen LogP) is 6.27. The summed E-state index contributed by atoms with van der Waals surface area (Å²) in [5.41, 5.74) is 11.8. The van der Waals surface area contributed by atoms with Crippen molar-refractivity contribution in [2.75, 3.05) is 0 Å². The van der Waals surface area contributed by atoms with Crippen molar-refractivity contribution in [3.63, 3.8) is 0 Å². The number of hydrogen-bond donors (Lipinski definition) is 0. The maximum atomic E-state index is 2.45. The molecular weight excluding hydrogens is 360 g/mol. The predicted molar refractivity (Wildman–Crippen MR) is 112 cm³/mol. The van der Waals surface area contributed by atoms with Crippen LogP contribution in [0.3, 0.4) is 0 Å². The second-order valence-electron chi connectivity index (χ2n) is 8.40. The number of benzene rings is 3. The molecular formula is C26H27Ti. The molecule has 0 fully saturated rings. The van der Waals surface area contributed by atoms with E-state index in [-0.39, 0.29) is 0 Å².